The van der Waals surface area contributed by atoms with Crippen LogP contribution in [0.25, 0.3) is 66.1 Å². The predicted molar refractivity (Wildman–Crippen MR) is 243 cm³/mol. The average molecular weight is 736 g/mol. The van der Waals surface area contributed by atoms with Crippen LogP contribution in [-0.2, 0) is 5.41 Å². The lowest BCUT2D eigenvalue weighted by Crippen LogP contribution is -2.25. The Morgan fingerprint density at radius 3 is 1.33 bits per heavy atom. The predicted octanol–water partition coefficient (Wildman–Crippen LogP) is 15.1. The number of rotatable bonds is 5. The van der Waals surface area contributed by atoms with E-state index >= 15 is 0 Å². The summed E-state index contributed by atoms with van der Waals surface area (Å²) in [6, 6.07) is 83.0. The number of fused-ring (bicyclic) bond motifs is 12. The second kappa shape index (κ2) is 12.8. The summed E-state index contributed by atoms with van der Waals surface area (Å²) in [6.07, 6.45) is 0. The molecule has 0 heterocycles. The molecule has 10 aromatic rings. The van der Waals surface area contributed by atoms with Gasteiger partial charge in [-0.1, -0.05) is 176 Å². The zero-order valence-corrected chi connectivity index (χ0v) is 31.8. The molecule has 2 aliphatic rings. The standard InChI is InChI=1S/C57H37N/c1-2-12-38(13-3-1)40-26-29-46(30-27-40)58(47-31-28-44-35-43(24-25-45(44)36-47)42-23-22-39-14-4-5-15-41(39)34-42)48-32-33-56-52(37-48)51-18-8-11-21-55(51)57(56)53-19-9-6-16-49(53)50-17-7-10-20-54(50)57/h1-37H. The highest BCUT2D eigenvalue weighted by Crippen LogP contribution is 2.63. The fourth-order valence-electron chi connectivity index (χ4n) is 10.0. The maximum atomic E-state index is 2.44. The summed E-state index contributed by atoms with van der Waals surface area (Å²) in [5, 5.41) is 4.94. The third kappa shape index (κ3) is 4.84. The summed E-state index contributed by atoms with van der Waals surface area (Å²) < 4.78 is 0. The molecule has 270 valence electrons. The molecule has 0 unspecified atom stereocenters. The summed E-state index contributed by atoms with van der Waals surface area (Å²) in [5.41, 5.74) is 18.5. The van der Waals surface area contributed by atoms with E-state index < -0.39 is 0 Å². The maximum Gasteiger partial charge on any atom is 0.0725 e. The molecular formula is C57H37N. The molecule has 2 aliphatic carbocycles. The van der Waals surface area contributed by atoms with E-state index in [-0.39, 0.29) is 5.41 Å². The molecule has 0 N–H and O–H groups in total. The van der Waals surface area contributed by atoms with E-state index in [1.165, 1.54) is 88.3 Å². The van der Waals surface area contributed by atoms with Gasteiger partial charge in [-0.15, -0.1) is 0 Å². The van der Waals surface area contributed by atoms with Gasteiger partial charge in [0.2, 0.25) is 0 Å². The van der Waals surface area contributed by atoms with Crippen molar-refractivity contribution in [3.63, 3.8) is 0 Å². The molecule has 1 heteroatoms. The summed E-state index contributed by atoms with van der Waals surface area (Å²) in [6.45, 7) is 0. The van der Waals surface area contributed by atoms with Gasteiger partial charge in [0, 0.05) is 17.1 Å². The van der Waals surface area contributed by atoms with Crippen molar-refractivity contribution in [2.45, 2.75) is 5.41 Å². The summed E-state index contributed by atoms with van der Waals surface area (Å²) >= 11 is 0. The minimum Gasteiger partial charge on any atom is -0.310 e. The molecule has 10 aromatic carbocycles. The minimum atomic E-state index is -0.370. The van der Waals surface area contributed by atoms with E-state index in [0.717, 1.165) is 17.1 Å². The van der Waals surface area contributed by atoms with Crippen molar-refractivity contribution in [3.05, 3.63) is 247 Å². The summed E-state index contributed by atoms with van der Waals surface area (Å²) in [5.74, 6) is 0. The largest absolute Gasteiger partial charge is 0.310 e. The first kappa shape index (κ1) is 32.7. The van der Waals surface area contributed by atoms with E-state index in [0.29, 0.717) is 0 Å². The fourth-order valence-corrected chi connectivity index (χ4v) is 10.0. The molecule has 12 rings (SSSR count). The molecule has 1 nitrogen and oxygen atoms in total. The number of hydrogen-bond acceptors (Lipinski definition) is 1. The molecule has 0 aliphatic heterocycles. The minimum absolute atomic E-state index is 0.370. The Morgan fingerprint density at radius 2 is 0.655 bits per heavy atom. The number of anilines is 3. The lowest BCUT2D eigenvalue weighted by Gasteiger charge is -2.31. The van der Waals surface area contributed by atoms with Crippen LogP contribution in [-0.4, -0.2) is 0 Å². The van der Waals surface area contributed by atoms with Crippen molar-refractivity contribution < 1.29 is 0 Å². The number of nitrogens with zero attached hydrogens (tertiary/aromatic N) is 1. The van der Waals surface area contributed by atoms with E-state index in [2.05, 4.69) is 229 Å². The average Bonchev–Trinajstić information content (AvgIpc) is 3.76. The first-order chi connectivity index (χ1) is 28.7. The molecule has 0 amide bonds. The Kier molecular flexibility index (Phi) is 7.21. The second-order valence-corrected chi connectivity index (χ2v) is 15.7. The van der Waals surface area contributed by atoms with Crippen LogP contribution in [0.15, 0.2) is 224 Å². The van der Waals surface area contributed by atoms with Gasteiger partial charge in [0.1, 0.15) is 0 Å². The monoisotopic (exact) mass is 735 g/mol. The van der Waals surface area contributed by atoms with E-state index in [1.807, 2.05) is 0 Å². The molecule has 58 heavy (non-hydrogen) atoms. The summed E-state index contributed by atoms with van der Waals surface area (Å²) in [4.78, 5) is 2.43. The van der Waals surface area contributed by atoms with Crippen LogP contribution in [0.5, 0.6) is 0 Å². The van der Waals surface area contributed by atoms with Gasteiger partial charge in [0.15, 0.2) is 0 Å². The third-order valence-corrected chi connectivity index (χ3v) is 12.6. The molecule has 0 radical (unpaired) electrons. The Bertz CT molecular complexity index is 3180. The van der Waals surface area contributed by atoms with Crippen LogP contribution in [0.1, 0.15) is 22.3 Å². The Balaban J connectivity index is 1.02. The highest BCUT2D eigenvalue weighted by molar-refractivity contribution is 5.98. The Labute approximate surface area is 338 Å². The van der Waals surface area contributed by atoms with Crippen molar-refractivity contribution in [2.24, 2.45) is 0 Å². The van der Waals surface area contributed by atoms with Gasteiger partial charge in [-0.2, -0.15) is 0 Å². The van der Waals surface area contributed by atoms with Crippen LogP contribution >= 0.6 is 0 Å². The number of benzene rings is 10. The van der Waals surface area contributed by atoms with Crippen LogP contribution in [0.2, 0.25) is 0 Å². The fraction of sp³-hybridized carbons (Fsp3) is 0.0175. The lowest BCUT2D eigenvalue weighted by molar-refractivity contribution is 0.794. The normalized spacial score (nSPS) is 13.0. The van der Waals surface area contributed by atoms with Gasteiger partial charge in [-0.25, -0.2) is 0 Å². The Hall–Kier alpha value is -7.48. The molecule has 0 atom stereocenters. The zero-order valence-electron chi connectivity index (χ0n) is 31.8. The smallest absolute Gasteiger partial charge is 0.0725 e. The highest BCUT2D eigenvalue weighted by Gasteiger charge is 2.51. The Morgan fingerprint density at radius 1 is 0.241 bits per heavy atom. The molecule has 1 spiro atoms. The molecular weight excluding hydrogens is 699 g/mol. The topological polar surface area (TPSA) is 3.24 Å². The molecule has 0 bridgehead atoms. The van der Waals surface area contributed by atoms with Gasteiger partial charge < -0.3 is 4.90 Å². The van der Waals surface area contributed by atoms with E-state index in [4.69, 9.17) is 0 Å². The third-order valence-electron chi connectivity index (χ3n) is 12.6. The summed E-state index contributed by atoms with van der Waals surface area (Å²) in [7, 11) is 0. The maximum absolute atomic E-state index is 2.44. The first-order valence-electron chi connectivity index (χ1n) is 20.2. The molecule has 0 fully saturated rings. The quantitative estimate of drug-likeness (QED) is 0.170. The van der Waals surface area contributed by atoms with Crippen LogP contribution < -0.4 is 4.90 Å². The molecule has 0 saturated heterocycles. The van der Waals surface area contributed by atoms with Gasteiger partial charge in [-0.05, 0) is 137 Å². The lowest BCUT2D eigenvalue weighted by atomic mass is 9.70. The first-order valence-corrected chi connectivity index (χ1v) is 20.2. The van der Waals surface area contributed by atoms with Crippen LogP contribution in [0.3, 0.4) is 0 Å². The van der Waals surface area contributed by atoms with Crippen molar-refractivity contribution in [1.82, 2.24) is 0 Å². The van der Waals surface area contributed by atoms with Gasteiger partial charge in [0.25, 0.3) is 0 Å². The molecule has 0 saturated carbocycles. The van der Waals surface area contributed by atoms with Crippen molar-refractivity contribution >= 4 is 38.6 Å². The second-order valence-electron chi connectivity index (χ2n) is 15.7. The van der Waals surface area contributed by atoms with E-state index in [1.54, 1.807) is 0 Å². The zero-order chi connectivity index (χ0) is 38.2. The van der Waals surface area contributed by atoms with Crippen molar-refractivity contribution in [3.8, 4) is 44.5 Å². The van der Waals surface area contributed by atoms with Crippen molar-refractivity contribution in [2.75, 3.05) is 4.90 Å². The number of hydrogen-bond donors (Lipinski definition) is 0. The van der Waals surface area contributed by atoms with Crippen LogP contribution in [0.4, 0.5) is 17.1 Å². The SMILES string of the molecule is c1ccc(-c2ccc(N(c3ccc4c(c3)-c3ccccc3C43c4ccccc4-c4ccccc43)c3ccc4cc(-c5ccc6ccccc6c5)ccc4c3)cc2)cc1. The van der Waals surface area contributed by atoms with Gasteiger partial charge >= 0.3 is 0 Å². The van der Waals surface area contributed by atoms with E-state index in [9.17, 15) is 0 Å². The molecule has 0 aromatic heterocycles. The highest BCUT2D eigenvalue weighted by atomic mass is 15.1. The van der Waals surface area contributed by atoms with Crippen LogP contribution in [0, 0.1) is 0 Å². The van der Waals surface area contributed by atoms with Crippen molar-refractivity contribution in [1.29, 1.82) is 0 Å². The van der Waals surface area contributed by atoms with Gasteiger partial charge in [-0.3, -0.25) is 0 Å². The van der Waals surface area contributed by atoms with Gasteiger partial charge in [0.05, 0.1) is 5.41 Å².